The average Bonchev–Trinajstić information content (AvgIpc) is 1.99. The lowest BCUT2D eigenvalue weighted by Crippen LogP contribution is -1.91. The van der Waals surface area contributed by atoms with E-state index in [0.717, 1.165) is 0 Å². The van der Waals surface area contributed by atoms with Gasteiger partial charge in [-0.25, -0.2) is 0 Å². The minimum absolute atomic E-state index is 0. The van der Waals surface area contributed by atoms with Crippen LogP contribution in [0.4, 0.5) is 5.69 Å². The molecule has 0 saturated carbocycles. The van der Waals surface area contributed by atoms with Gasteiger partial charge in [0.15, 0.2) is 0 Å². The van der Waals surface area contributed by atoms with Crippen molar-refractivity contribution in [2.75, 3.05) is 5.73 Å². The number of rotatable bonds is 0. The summed E-state index contributed by atoms with van der Waals surface area (Å²) in [5.74, 6) is 0. The average molecular weight is 164 g/mol. The van der Waals surface area contributed by atoms with Gasteiger partial charge in [-0.15, -0.1) is 12.4 Å². The van der Waals surface area contributed by atoms with Crippen molar-refractivity contribution in [2.45, 2.75) is 13.7 Å². The van der Waals surface area contributed by atoms with Crippen LogP contribution in [0.5, 0.6) is 0 Å². The molecule has 1 nitrogen and oxygen atoms in total. The smallest absolute Gasteiger partial charge is 0.0373 e. The van der Waals surface area contributed by atoms with Crippen molar-refractivity contribution in [1.29, 1.82) is 0 Å². The van der Waals surface area contributed by atoms with E-state index in [1.165, 1.54) is 18.2 Å². The Kier molecular flexibility index (Phi) is 1.09. The van der Waals surface area contributed by atoms with Crippen LogP contribution in [0.1, 0.15) is 19.4 Å². The summed E-state index contributed by atoms with van der Waals surface area (Å²) >= 11 is 0. The van der Waals surface area contributed by atoms with Crippen LogP contribution >= 0.6 is 12.4 Å². The quantitative estimate of drug-likeness (QED) is 0.584. The SMILES string of the molecule is Cl.[2H]C([2H])([2H])c1cccc(C([2H])([2H])[2H])c1N. The Morgan fingerprint density at radius 2 is 1.80 bits per heavy atom. The molecule has 0 aliphatic carbocycles. The lowest BCUT2D eigenvalue weighted by atomic mass is 10.1. The van der Waals surface area contributed by atoms with Crippen LogP contribution in [0.3, 0.4) is 0 Å². The second-order valence-electron chi connectivity index (χ2n) is 1.77. The Bertz CT molecular complexity index is 338. The fourth-order valence-electron chi connectivity index (χ4n) is 0.565. The van der Waals surface area contributed by atoms with Gasteiger partial charge in [0.2, 0.25) is 0 Å². The molecule has 0 aliphatic heterocycles. The molecule has 0 heterocycles. The zero-order chi connectivity index (χ0) is 11.9. The van der Waals surface area contributed by atoms with Gasteiger partial charge in [0.05, 0.1) is 0 Å². The molecule has 0 atom stereocenters. The molecule has 1 aromatic carbocycles. The predicted molar refractivity (Wildman–Crippen MR) is 47.6 cm³/mol. The highest BCUT2D eigenvalue weighted by molar-refractivity contribution is 5.85. The molecule has 2 N–H and O–H groups in total. The van der Waals surface area contributed by atoms with Gasteiger partial charge < -0.3 is 5.73 Å². The van der Waals surface area contributed by atoms with E-state index >= 15 is 0 Å². The maximum absolute atomic E-state index is 7.18. The maximum atomic E-state index is 7.18. The van der Waals surface area contributed by atoms with E-state index in [0.29, 0.717) is 0 Å². The summed E-state index contributed by atoms with van der Waals surface area (Å²) in [5, 5.41) is 0. The third kappa shape index (κ3) is 1.64. The molecule has 0 amide bonds. The molecule has 10 heavy (non-hydrogen) atoms. The molecule has 0 saturated heterocycles. The highest BCUT2D eigenvalue weighted by atomic mass is 35.5. The number of benzene rings is 1. The number of nitrogen functional groups attached to an aromatic ring is 1. The van der Waals surface area contributed by atoms with Crippen molar-refractivity contribution < 1.29 is 8.22 Å². The van der Waals surface area contributed by atoms with Crippen molar-refractivity contribution in [2.24, 2.45) is 0 Å². The third-order valence-corrected chi connectivity index (χ3v) is 1.11. The Balaban J connectivity index is 0.00000225. The van der Waals surface area contributed by atoms with E-state index in [-0.39, 0.29) is 29.2 Å². The number of nitrogens with two attached hydrogens (primary N) is 1. The Hall–Kier alpha value is -0.690. The van der Waals surface area contributed by atoms with Crippen LogP contribution in [-0.4, -0.2) is 0 Å². The molecular weight excluding hydrogens is 146 g/mol. The molecule has 0 unspecified atom stereocenters. The summed E-state index contributed by atoms with van der Waals surface area (Å²) < 4.78 is 43.1. The highest BCUT2D eigenvalue weighted by Gasteiger charge is 1.92. The van der Waals surface area contributed by atoms with E-state index in [2.05, 4.69) is 0 Å². The lowest BCUT2D eigenvalue weighted by Gasteiger charge is -2.00. The van der Waals surface area contributed by atoms with Crippen LogP contribution in [0.25, 0.3) is 0 Å². The van der Waals surface area contributed by atoms with E-state index < -0.39 is 13.7 Å². The van der Waals surface area contributed by atoms with Gasteiger partial charge in [-0.2, -0.15) is 0 Å². The van der Waals surface area contributed by atoms with Gasteiger partial charge in [0.1, 0.15) is 0 Å². The molecule has 1 aromatic rings. The standard InChI is InChI=1S/C8H11N.ClH/c1-6-4-3-5-7(2)8(6)9;/h3-5H,9H2,1-2H3;1H/i1D3,2D3;. The van der Waals surface area contributed by atoms with E-state index in [9.17, 15) is 0 Å². The molecule has 1 rings (SSSR count). The Morgan fingerprint density at radius 1 is 1.30 bits per heavy atom. The van der Waals surface area contributed by atoms with Gasteiger partial charge in [0, 0.05) is 13.9 Å². The summed E-state index contributed by atoms with van der Waals surface area (Å²) in [6, 6.07) is 4.02. The fraction of sp³-hybridized carbons (Fsp3) is 0.250. The van der Waals surface area contributed by atoms with Crippen molar-refractivity contribution in [3.05, 3.63) is 29.3 Å². The van der Waals surface area contributed by atoms with Crippen LogP contribution in [0, 0.1) is 13.7 Å². The highest BCUT2D eigenvalue weighted by Crippen LogP contribution is 2.13. The fourth-order valence-corrected chi connectivity index (χ4v) is 0.565. The van der Waals surface area contributed by atoms with Gasteiger partial charge in [-0.1, -0.05) is 18.2 Å². The molecule has 0 aliphatic rings. The van der Waals surface area contributed by atoms with Gasteiger partial charge in [-0.3, -0.25) is 0 Å². The first-order valence-electron chi connectivity index (χ1n) is 5.53. The minimum Gasteiger partial charge on any atom is -0.398 e. The van der Waals surface area contributed by atoms with E-state index in [1.807, 2.05) is 0 Å². The first kappa shape index (κ1) is 3.14. The zero-order valence-electron chi connectivity index (χ0n) is 11.2. The summed E-state index contributed by atoms with van der Waals surface area (Å²) in [5.41, 5.74) is 5.14. The lowest BCUT2D eigenvalue weighted by molar-refractivity contribution is 1.39. The molecule has 0 fully saturated rings. The van der Waals surface area contributed by atoms with Crippen LogP contribution in [0.15, 0.2) is 18.2 Å². The van der Waals surface area contributed by atoms with Crippen molar-refractivity contribution in [3.63, 3.8) is 0 Å². The van der Waals surface area contributed by atoms with Crippen molar-refractivity contribution >= 4 is 18.1 Å². The zero-order valence-corrected chi connectivity index (χ0v) is 6.03. The van der Waals surface area contributed by atoms with E-state index in [1.54, 1.807) is 0 Å². The second kappa shape index (κ2) is 3.47. The first-order chi connectivity index (χ1) is 6.64. The molecule has 0 radical (unpaired) electrons. The van der Waals surface area contributed by atoms with Gasteiger partial charge in [0.25, 0.3) is 0 Å². The molecule has 2 heteroatoms. The van der Waals surface area contributed by atoms with Crippen LogP contribution in [0.2, 0.25) is 0 Å². The van der Waals surface area contributed by atoms with Crippen LogP contribution < -0.4 is 5.73 Å². The first-order valence-corrected chi connectivity index (χ1v) is 2.53. The number of hydrogen-bond donors (Lipinski definition) is 1. The van der Waals surface area contributed by atoms with Gasteiger partial charge >= 0.3 is 0 Å². The molecule has 56 valence electrons. The second-order valence-corrected chi connectivity index (χ2v) is 1.77. The Morgan fingerprint density at radius 3 is 2.20 bits per heavy atom. The summed E-state index contributed by atoms with van der Waals surface area (Å²) in [7, 11) is 0. The molecular formula is C8H12ClN. The maximum Gasteiger partial charge on any atom is 0.0373 e. The predicted octanol–water partition coefficient (Wildman–Crippen LogP) is 2.31. The summed E-state index contributed by atoms with van der Waals surface area (Å²) in [4.78, 5) is 0. The third-order valence-electron chi connectivity index (χ3n) is 1.11. The minimum atomic E-state index is -2.38. The number of para-hydroxylation sites is 1. The largest absolute Gasteiger partial charge is 0.398 e. The van der Waals surface area contributed by atoms with Crippen molar-refractivity contribution in [3.8, 4) is 0 Å². The van der Waals surface area contributed by atoms with E-state index in [4.69, 9.17) is 14.0 Å². The van der Waals surface area contributed by atoms with Crippen LogP contribution in [-0.2, 0) is 0 Å². The molecule has 0 spiro atoms. The normalized spacial score (nSPS) is 20.0. The topological polar surface area (TPSA) is 26.0 Å². The molecule has 0 bridgehead atoms. The summed E-state index contributed by atoms with van der Waals surface area (Å²) in [6.45, 7) is -4.77. The van der Waals surface area contributed by atoms with Crippen molar-refractivity contribution in [1.82, 2.24) is 0 Å². The number of halogens is 1. The Labute approximate surface area is 76.1 Å². The number of anilines is 1. The molecule has 0 aromatic heterocycles. The number of hydrogen-bond acceptors (Lipinski definition) is 1. The monoisotopic (exact) mass is 163 g/mol. The van der Waals surface area contributed by atoms with Gasteiger partial charge in [-0.05, 0) is 24.8 Å². The summed E-state index contributed by atoms with van der Waals surface area (Å²) in [6.07, 6.45) is 0. The number of aryl methyl sites for hydroxylation is 2.